The van der Waals surface area contributed by atoms with E-state index in [9.17, 15) is 14.0 Å². The SMILES string of the molecule is Cc1cc(OCC(=O)c2ccc(Br)cc2)cc2c1C(=O)/C(=C/c1ccccc1F)O2. The fourth-order valence-electron chi connectivity index (χ4n) is 3.16. The largest absolute Gasteiger partial charge is 0.485 e. The first kappa shape index (κ1) is 20.0. The summed E-state index contributed by atoms with van der Waals surface area (Å²) in [5, 5.41) is 0. The first-order valence-electron chi connectivity index (χ1n) is 9.17. The van der Waals surface area contributed by atoms with Gasteiger partial charge in [-0.05, 0) is 42.8 Å². The molecule has 0 fully saturated rings. The zero-order valence-electron chi connectivity index (χ0n) is 15.9. The van der Waals surface area contributed by atoms with Gasteiger partial charge in [-0.2, -0.15) is 0 Å². The summed E-state index contributed by atoms with van der Waals surface area (Å²) in [4.78, 5) is 25.0. The first-order chi connectivity index (χ1) is 14.4. The van der Waals surface area contributed by atoms with Crippen LogP contribution in [0, 0.1) is 12.7 Å². The number of rotatable bonds is 5. The molecule has 0 N–H and O–H groups in total. The lowest BCUT2D eigenvalue weighted by Crippen LogP contribution is -2.11. The molecule has 1 aliphatic rings. The summed E-state index contributed by atoms with van der Waals surface area (Å²) in [6.07, 6.45) is 1.38. The molecular formula is C24H16BrFO4. The molecule has 6 heteroatoms. The molecule has 0 aliphatic carbocycles. The lowest BCUT2D eigenvalue weighted by atomic mass is 10.0. The Morgan fingerprint density at radius 3 is 2.60 bits per heavy atom. The van der Waals surface area contributed by atoms with E-state index in [1.807, 2.05) is 0 Å². The maximum Gasteiger partial charge on any atom is 0.232 e. The smallest absolute Gasteiger partial charge is 0.232 e. The third-order valence-electron chi connectivity index (χ3n) is 4.67. The lowest BCUT2D eigenvalue weighted by Gasteiger charge is -2.09. The number of ketones is 2. The van der Waals surface area contributed by atoms with Crippen LogP contribution in [0.4, 0.5) is 4.39 Å². The van der Waals surface area contributed by atoms with E-state index in [0.29, 0.717) is 28.2 Å². The summed E-state index contributed by atoms with van der Waals surface area (Å²) in [5.41, 5.74) is 1.87. The summed E-state index contributed by atoms with van der Waals surface area (Å²) in [6, 6.07) is 16.4. The fourth-order valence-corrected chi connectivity index (χ4v) is 3.43. The van der Waals surface area contributed by atoms with E-state index in [1.165, 1.54) is 12.1 Å². The fraction of sp³-hybridized carbons (Fsp3) is 0.0833. The van der Waals surface area contributed by atoms with E-state index < -0.39 is 5.82 Å². The maximum absolute atomic E-state index is 13.9. The van der Waals surface area contributed by atoms with E-state index in [-0.39, 0.29) is 29.5 Å². The highest BCUT2D eigenvalue weighted by molar-refractivity contribution is 9.10. The molecule has 30 heavy (non-hydrogen) atoms. The molecule has 1 aliphatic heterocycles. The van der Waals surface area contributed by atoms with E-state index in [1.54, 1.807) is 61.5 Å². The molecule has 0 aromatic heterocycles. The van der Waals surface area contributed by atoms with Gasteiger partial charge in [-0.25, -0.2) is 4.39 Å². The monoisotopic (exact) mass is 466 g/mol. The van der Waals surface area contributed by atoms with Crippen molar-refractivity contribution < 1.29 is 23.5 Å². The molecule has 0 saturated carbocycles. The van der Waals surface area contributed by atoms with Gasteiger partial charge >= 0.3 is 0 Å². The third kappa shape index (κ3) is 4.04. The number of hydrogen-bond acceptors (Lipinski definition) is 4. The van der Waals surface area contributed by atoms with Crippen molar-refractivity contribution in [2.24, 2.45) is 0 Å². The third-order valence-corrected chi connectivity index (χ3v) is 5.20. The van der Waals surface area contributed by atoms with E-state index in [0.717, 1.165) is 4.47 Å². The van der Waals surface area contributed by atoms with Crippen LogP contribution in [-0.4, -0.2) is 18.2 Å². The van der Waals surface area contributed by atoms with Gasteiger partial charge in [0, 0.05) is 21.7 Å². The van der Waals surface area contributed by atoms with Gasteiger partial charge in [0.05, 0.1) is 5.56 Å². The zero-order valence-corrected chi connectivity index (χ0v) is 17.5. The molecule has 0 atom stereocenters. The van der Waals surface area contributed by atoms with Crippen molar-refractivity contribution in [3.63, 3.8) is 0 Å². The molecule has 4 rings (SSSR count). The van der Waals surface area contributed by atoms with Crippen LogP contribution in [0.2, 0.25) is 0 Å². The van der Waals surface area contributed by atoms with Crippen LogP contribution < -0.4 is 9.47 Å². The highest BCUT2D eigenvalue weighted by Crippen LogP contribution is 2.37. The Labute approximate surface area is 181 Å². The molecule has 0 spiro atoms. The summed E-state index contributed by atoms with van der Waals surface area (Å²) >= 11 is 3.33. The van der Waals surface area contributed by atoms with Crippen LogP contribution in [0.3, 0.4) is 0 Å². The predicted molar refractivity (Wildman–Crippen MR) is 114 cm³/mol. The Morgan fingerprint density at radius 1 is 1.13 bits per heavy atom. The van der Waals surface area contributed by atoms with Crippen LogP contribution in [0.5, 0.6) is 11.5 Å². The molecule has 4 nitrogen and oxygen atoms in total. The van der Waals surface area contributed by atoms with Crippen LogP contribution in [0.1, 0.15) is 31.8 Å². The second-order valence-corrected chi connectivity index (χ2v) is 7.71. The van der Waals surface area contributed by atoms with Crippen molar-refractivity contribution in [3.8, 4) is 11.5 Å². The molecule has 0 unspecified atom stereocenters. The summed E-state index contributed by atoms with van der Waals surface area (Å²) in [7, 11) is 0. The van der Waals surface area contributed by atoms with E-state index >= 15 is 0 Å². The molecule has 0 bridgehead atoms. The van der Waals surface area contributed by atoms with Crippen LogP contribution in [0.15, 0.2) is 70.9 Å². The van der Waals surface area contributed by atoms with Gasteiger partial charge in [0.2, 0.25) is 5.78 Å². The van der Waals surface area contributed by atoms with Crippen molar-refractivity contribution in [1.29, 1.82) is 0 Å². The van der Waals surface area contributed by atoms with Crippen LogP contribution >= 0.6 is 15.9 Å². The summed E-state index contributed by atoms with van der Waals surface area (Å²) in [6.45, 7) is 1.61. The number of benzene rings is 3. The van der Waals surface area contributed by atoms with E-state index in [2.05, 4.69) is 15.9 Å². The van der Waals surface area contributed by atoms with E-state index in [4.69, 9.17) is 9.47 Å². The Kier molecular flexibility index (Phi) is 5.50. The second kappa shape index (κ2) is 8.24. The van der Waals surface area contributed by atoms with Crippen molar-refractivity contribution in [1.82, 2.24) is 0 Å². The number of fused-ring (bicyclic) bond motifs is 1. The number of allylic oxidation sites excluding steroid dienone is 1. The molecule has 0 amide bonds. The van der Waals surface area contributed by atoms with Crippen LogP contribution in [-0.2, 0) is 0 Å². The van der Waals surface area contributed by atoms with Gasteiger partial charge in [-0.15, -0.1) is 0 Å². The molecule has 3 aromatic carbocycles. The molecule has 150 valence electrons. The van der Waals surface area contributed by atoms with Crippen molar-refractivity contribution in [3.05, 3.63) is 99.0 Å². The second-order valence-electron chi connectivity index (χ2n) is 6.79. The van der Waals surface area contributed by atoms with Crippen molar-refractivity contribution in [2.45, 2.75) is 6.92 Å². The number of carbonyl (C=O) groups is 2. The highest BCUT2D eigenvalue weighted by Gasteiger charge is 2.30. The standard InChI is InChI=1S/C24H16BrFO4/c1-14-10-18(29-13-20(27)15-6-8-17(25)9-7-15)12-21-23(14)24(28)22(30-21)11-16-4-2-3-5-19(16)26/h2-12H,13H2,1H3/b22-11-. The van der Waals surface area contributed by atoms with Crippen LogP contribution in [0.25, 0.3) is 6.08 Å². The highest BCUT2D eigenvalue weighted by atomic mass is 79.9. The maximum atomic E-state index is 13.9. The average molecular weight is 467 g/mol. The number of halogens is 2. The first-order valence-corrected chi connectivity index (χ1v) is 9.96. The molecule has 1 heterocycles. The molecule has 0 radical (unpaired) electrons. The van der Waals surface area contributed by atoms with Gasteiger partial charge < -0.3 is 9.47 Å². The van der Waals surface area contributed by atoms with Crippen molar-refractivity contribution in [2.75, 3.05) is 6.61 Å². The Morgan fingerprint density at radius 2 is 1.87 bits per heavy atom. The Bertz CT molecular complexity index is 1180. The van der Waals surface area contributed by atoms with Gasteiger partial charge in [0.1, 0.15) is 17.3 Å². The minimum Gasteiger partial charge on any atom is -0.485 e. The quantitative estimate of drug-likeness (QED) is 0.353. The summed E-state index contributed by atoms with van der Waals surface area (Å²) < 4.78 is 26.1. The molecular weight excluding hydrogens is 451 g/mol. The lowest BCUT2D eigenvalue weighted by molar-refractivity contribution is 0.0920. The Hall–Kier alpha value is -3.25. The zero-order chi connectivity index (χ0) is 21.3. The van der Waals surface area contributed by atoms with Gasteiger partial charge in [0.25, 0.3) is 0 Å². The number of ether oxygens (including phenoxy) is 2. The topological polar surface area (TPSA) is 52.6 Å². The Balaban J connectivity index is 1.53. The van der Waals surface area contributed by atoms with Gasteiger partial charge in [0.15, 0.2) is 18.1 Å². The number of aryl methyl sites for hydroxylation is 1. The molecule has 0 saturated heterocycles. The minimum absolute atomic E-state index is 0.0429. The summed E-state index contributed by atoms with van der Waals surface area (Å²) in [5.74, 6) is -0.141. The minimum atomic E-state index is -0.440. The van der Waals surface area contributed by atoms with Crippen molar-refractivity contribution >= 4 is 33.6 Å². The van der Waals surface area contributed by atoms with Gasteiger partial charge in [-0.1, -0.05) is 46.3 Å². The van der Waals surface area contributed by atoms with Gasteiger partial charge in [-0.3, -0.25) is 9.59 Å². The predicted octanol–water partition coefficient (Wildman–Crippen LogP) is 5.77. The number of carbonyl (C=O) groups excluding carboxylic acids is 2. The molecule has 3 aromatic rings. The average Bonchev–Trinajstić information content (AvgIpc) is 3.04. The number of hydrogen-bond donors (Lipinski definition) is 0. The number of Topliss-reactive ketones (excluding diaryl/α,β-unsaturated/α-hetero) is 2. The normalized spacial score (nSPS) is 13.8.